The van der Waals surface area contributed by atoms with Gasteiger partial charge in [0, 0.05) is 37.8 Å². The van der Waals surface area contributed by atoms with Gasteiger partial charge in [-0.05, 0) is 118 Å². The van der Waals surface area contributed by atoms with Crippen LogP contribution in [0.2, 0.25) is 0 Å². The Labute approximate surface area is 535 Å². The van der Waals surface area contributed by atoms with E-state index in [1.165, 1.54) is 14.2 Å². The van der Waals surface area contributed by atoms with Crippen LogP contribution in [0, 0.1) is 0 Å². The van der Waals surface area contributed by atoms with Crippen LogP contribution in [0.3, 0.4) is 0 Å². The van der Waals surface area contributed by atoms with E-state index >= 15 is 0 Å². The highest BCUT2D eigenvalue weighted by molar-refractivity contribution is 5.91. The number of methoxy groups -OCH3 is 2. The van der Waals surface area contributed by atoms with Crippen molar-refractivity contribution in [1.29, 1.82) is 0 Å². The predicted octanol–water partition coefficient (Wildman–Crippen LogP) is 14.0. The molecule has 5 rings (SSSR count). The molecule has 0 atom stereocenters. The Kier molecular flexibility index (Phi) is 33.8. The van der Waals surface area contributed by atoms with Crippen molar-refractivity contribution in [2.75, 3.05) is 67.1 Å². The van der Waals surface area contributed by atoms with E-state index in [9.17, 15) is 28.8 Å². The first-order valence-corrected chi connectivity index (χ1v) is 32.9. The van der Waals surface area contributed by atoms with Crippen molar-refractivity contribution in [3.8, 4) is 23.0 Å². The summed E-state index contributed by atoms with van der Waals surface area (Å²) in [7, 11) is 2.43. The number of benzene rings is 4. The minimum Gasteiger partial charge on any atom is -0.489 e. The maximum atomic E-state index is 12.9. The molecule has 0 amide bonds. The molecule has 0 radical (unpaired) electrons. The number of esters is 6. The van der Waals surface area contributed by atoms with E-state index in [4.69, 9.17) is 47.4 Å². The predicted molar refractivity (Wildman–Crippen MR) is 348 cm³/mol. The number of rotatable bonds is 42. The molecule has 0 spiro atoms. The zero-order chi connectivity index (χ0) is 64.9. The number of hydrogen-bond donors (Lipinski definition) is 0. The van der Waals surface area contributed by atoms with Crippen LogP contribution in [-0.2, 0) is 109 Å². The molecule has 492 valence electrons. The summed E-state index contributed by atoms with van der Waals surface area (Å²) in [6.45, 7) is 15.6. The van der Waals surface area contributed by atoms with Gasteiger partial charge in [0.05, 0.1) is 14.2 Å². The number of carbonyl (C=O) groups excluding carboxylic acids is 6. The lowest BCUT2D eigenvalue weighted by molar-refractivity contribution is -0.155. The van der Waals surface area contributed by atoms with Gasteiger partial charge in [-0.25, -0.2) is 9.59 Å². The van der Waals surface area contributed by atoms with E-state index in [2.05, 4.69) is 89.4 Å². The van der Waals surface area contributed by atoms with Crippen LogP contribution in [0.15, 0.2) is 73.8 Å². The number of aryl methyl sites for hydroxylation is 4. The third kappa shape index (κ3) is 25.7. The zero-order valence-corrected chi connectivity index (χ0v) is 54.8. The average molecular weight is 1250 g/mol. The second-order valence-electron chi connectivity index (χ2n) is 23.0. The molecule has 16 heteroatoms. The van der Waals surface area contributed by atoms with Crippen molar-refractivity contribution in [3.05, 3.63) is 141 Å². The fraction of sp³-hybridized carbons (Fsp3) is 0.541. The van der Waals surface area contributed by atoms with Gasteiger partial charge < -0.3 is 47.4 Å². The number of unbranched alkanes of at least 4 members (excludes halogenated alkanes) is 12. The van der Waals surface area contributed by atoms with Gasteiger partial charge in [-0.1, -0.05) is 166 Å². The Balaban J connectivity index is 1.92. The van der Waals surface area contributed by atoms with Crippen LogP contribution >= 0.6 is 0 Å². The summed E-state index contributed by atoms with van der Waals surface area (Å²) < 4.78 is 59.4. The molecule has 0 saturated carbocycles. The summed E-state index contributed by atoms with van der Waals surface area (Å²) in [6.07, 6.45) is 22.5. The van der Waals surface area contributed by atoms with Gasteiger partial charge >= 0.3 is 35.8 Å². The quantitative estimate of drug-likeness (QED) is 0.0118. The van der Waals surface area contributed by atoms with Crippen LogP contribution < -0.4 is 18.9 Å². The summed E-state index contributed by atoms with van der Waals surface area (Å²) in [5.41, 5.74) is 11.5. The Morgan fingerprint density at radius 3 is 0.778 bits per heavy atom. The highest BCUT2D eigenvalue weighted by Crippen LogP contribution is 2.42. The second-order valence-corrected chi connectivity index (χ2v) is 23.0. The van der Waals surface area contributed by atoms with Gasteiger partial charge in [0.25, 0.3) is 0 Å². The first-order chi connectivity index (χ1) is 43.8. The van der Waals surface area contributed by atoms with Crippen LogP contribution in [0.25, 0.3) is 0 Å². The number of fused-ring (bicyclic) bond motifs is 8. The third-order valence-corrected chi connectivity index (χ3v) is 15.7. The van der Waals surface area contributed by atoms with Crippen LogP contribution in [0.1, 0.15) is 210 Å². The van der Waals surface area contributed by atoms with E-state index in [1.54, 1.807) is 0 Å². The van der Waals surface area contributed by atoms with Crippen LogP contribution in [0.4, 0.5) is 0 Å². The van der Waals surface area contributed by atoms with Gasteiger partial charge in [0.1, 0.15) is 88.7 Å². The monoisotopic (exact) mass is 1240 g/mol. The summed E-state index contributed by atoms with van der Waals surface area (Å²) in [6, 6.07) is 17.8. The molecule has 4 aromatic rings. The fourth-order valence-corrected chi connectivity index (χ4v) is 11.3. The van der Waals surface area contributed by atoms with Crippen molar-refractivity contribution < 1.29 is 76.1 Å². The fourth-order valence-electron chi connectivity index (χ4n) is 11.3. The topological polar surface area (TPSA) is 195 Å². The van der Waals surface area contributed by atoms with E-state index in [-0.39, 0.29) is 52.9 Å². The van der Waals surface area contributed by atoms with Crippen molar-refractivity contribution in [2.24, 2.45) is 0 Å². The van der Waals surface area contributed by atoms with Crippen LogP contribution in [-0.4, -0.2) is 103 Å². The van der Waals surface area contributed by atoms with Crippen LogP contribution in [0.5, 0.6) is 23.0 Å². The van der Waals surface area contributed by atoms with E-state index < -0.39 is 48.7 Å². The van der Waals surface area contributed by atoms with Gasteiger partial charge in [0.2, 0.25) is 0 Å². The molecule has 1 aliphatic carbocycles. The molecule has 90 heavy (non-hydrogen) atoms. The summed E-state index contributed by atoms with van der Waals surface area (Å²) in [4.78, 5) is 74.9. The lowest BCUT2D eigenvalue weighted by Crippen LogP contribution is -2.18. The maximum absolute atomic E-state index is 12.9. The molecule has 0 fully saturated rings. The first kappa shape index (κ1) is 73.1. The molecule has 0 heterocycles. The Morgan fingerprint density at radius 1 is 0.333 bits per heavy atom. The highest BCUT2D eigenvalue weighted by Gasteiger charge is 2.26. The Morgan fingerprint density at radius 2 is 0.567 bits per heavy atom. The second kappa shape index (κ2) is 41.6. The average Bonchev–Trinajstić information content (AvgIpc) is 0.951. The number of hydrogen-bond acceptors (Lipinski definition) is 16. The number of carbonyl (C=O) groups is 6. The van der Waals surface area contributed by atoms with Crippen molar-refractivity contribution in [2.45, 2.75) is 195 Å². The smallest absolute Gasteiger partial charge is 0.330 e. The third-order valence-electron chi connectivity index (χ3n) is 15.7. The molecule has 1 aliphatic rings. The van der Waals surface area contributed by atoms with Crippen molar-refractivity contribution >= 4 is 35.8 Å². The standard InChI is InChI=1S/C74H100O16/c1-9-15-19-23-27-53-39-57-47-58-40-54(28-24-20-16-10-2)42-60(72(58)88-36-32-84-66(76)14-6)49-62-44-56(30-26-22-18-12-4)46-64(74(62)90-38-34-86-70(80)52-68(78)82-8)50-63-45-55(29-25-21-17-11-3)43-61(73(63)89-37-33-85-69(79)51-67(77)81-7)48-59(41-53)71(57)87-35-31-83-65(75)13-5/h13-14,39-46H,5-6,9-12,15-38,47-52H2,1-4,7-8H3. The number of ether oxygens (including phenoxy) is 10. The molecule has 4 aromatic carbocycles. The molecule has 0 aliphatic heterocycles. The normalized spacial score (nSPS) is 11.6. The van der Waals surface area contributed by atoms with Gasteiger partial charge in [0.15, 0.2) is 0 Å². The first-order valence-electron chi connectivity index (χ1n) is 32.9. The largest absolute Gasteiger partial charge is 0.489 e. The summed E-state index contributed by atoms with van der Waals surface area (Å²) >= 11 is 0. The van der Waals surface area contributed by atoms with Gasteiger partial charge in [-0.2, -0.15) is 0 Å². The Bertz CT molecular complexity index is 2760. The van der Waals surface area contributed by atoms with E-state index in [0.29, 0.717) is 48.7 Å². The molecular formula is C74H100O16. The molecule has 16 nitrogen and oxygen atoms in total. The lowest BCUT2D eigenvalue weighted by Gasteiger charge is -2.25. The summed E-state index contributed by atoms with van der Waals surface area (Å²) in [5, 5.41) is 0. The SMILES string of the molecule is C=CC(=O)OCCOc1c2cc(CCCCCC)cc1Cc1cc(CCCCCC)cc(c1OCCOC(=O)CC(=O)OC)Cc1cc(CCCCCC)cc(c1OCCOC(=O)CC(=O)OC)Cc1cc(CCCCCC)cc(c1OCCOC(=O)C=C)C2. The maximum Gasteiger partial charge on any atom is 0.330 e. The van der Waals surface area contributed by atoms with Crippen molar-refractivity contribution in [1.82, 2.24) is 0 Å². The van der Waals surface area contributed by atoms with Gasteiger partial charge in [-0.15, -0.1) is 0 Å². The molecule has 0 saturated heterocycles. The van der Waals surface area contributed by atoms with E-state index in [0.717, 1.165) is 207 Å². The summed E-state index contributed by atoms with van der Waals surface area (Å²) in [5.74, 6) is -1.57. The molecule has 0 unspecified atom stereocenters. The van der Waals surface area contributed by atoms with Gasteiger partial charge in [-0.3, -0.25) is 19.2 Å². The molecule has 8 bridgehead atoms. The minimum absolute atomic E-state index is 0.0310. The van der Waals surface area contributed by atoms with Crippen molar-refractivity contribution in [3.63, 3.8) is 0 Å². The zero-order valence-electron chi connectivity index (χ0n) is 54.8. The van der Waals surface area contributed by atoms with E-state index in [1.807, 2.05) is 0 Å². The molecular weight excluding hydrogens is 1140 g/mol. The lowest BCUT2D eigenvalue weighted by atomic mass is 9.87. The minimum atomic E-state index is -0.738. The molecule has 0 N–H and O–H groups in total. The Hall–Kier alpha value is -7.62. The molecule has 0 aromatic heterocycles. The highest BCUT2D eigenvalue weighted by atomic mass is 16.6.